The van der Waals surface area contributed by atoms with Gasteiger partial charge in [0.15, 0.2) is 11.5 Å². The van der Waals surface area contributed by atoms with Crippen LogP contribution in [0.5, 0.6) is 11.5 Å². The SMILES string of the molecule is Cc1ccsc1-c1nnc(C2CCN(Cc3cc4c(cc3Cl)OCO4)CC2)o1. The Labute approximate surface area is 172 Å². The number of aromatic nitrogens is 2. The molecular weight excluding hydrogens is 398 g/mol. The maximum atomic E-state index is 6.42. The average Bonchev–Trinajstić information content (AvgIpc) is 3.43. The number of likely N-dealkylation sites (tertiary alicyclic amines) is 1. The maximum absolute atomic E-state index is 6.42. The van der Waals surface area contributed by atoms with E-state index in [0.29, 0.717) is 11.8 Å². The predicted octanol–water partition coefficient (Wildman–Crippen LogP) is 4.87. The number of nitrogens with zero attached hydrogens (tertiary/aromatic N) is 3. The number of piperidine rings is 1. The van der Waals surface area contributed by atoms with Gasteiger partial charge in [0.1, 0.15) is 0 Å². The molecule has 0 bridgehead atoms. The molecule has 4 heterocycles. The van der Waals surface area contributed by atoms with E-state index in [1.54, 1.807) is 11.3 Å². The number of hydrogen-bond acceptors (Lipinski definition) is 7. The summed E-state index contributed by atoms with van der Waals surface area (Å²) in [5.41, 5.74) is 2.24. The van der Waals surface area contributed by atoms with Gasteiger partial charge in [0.25, 0.3) is 5.89 Å². The van der Waals surface area contributed by atoms with Gasteiger partial charge in [-0.15, -0.1) is 21.5 Å². The zero-order valence-electron chi connectivity index (χ0n) is 15.5. The molecule has 0 unspecified atom stereocenters. The maximum Gasteiger partial charge on any atom is 0.258 e. The lowest BCUT2D eigenvalue weighted by Crippen LogP contribution is -2.32. The lowest BCUT2D eigenvalue weighted by Gasteiger charge is -2.30. The van der Waals surface area contributed by atoms with Gasteiger partial charge in [-0.05, 0) is 61.5 Å². The summed E-state index contributed by atoms with van der Waals surface area (Å²) < 4.78 is 16.8. The van der Waals surface area contributed by atoms with Gasteiger partial charge in [-0.25, -0.2) is 0 Å². The van der Waals surface area contributed by atoms with Gasteiger partial charge in [0, 0.05) is 23.6 Å². The molecule has 146 valence electrons. The van der Waals surface area contributed by atoms with E-state index in [1.165, 1.54) is 5.56 Å². The predicted molar refractivity (Wildman–Crippen MR) is 107 cm³/mol. The van der Waals surface area contributed by atoms with Crippen LogP contribution >= 0.6 is 22.9 Å². The van der Waals surface area contributed by atoms with Gasteiger partial charge >= 0.3 is 0 Å². The van der Waals surface area contributed by atoms with Crippen LogP contribution < -0.4 is 9.47 Å². The van der Waals surface area contributed by atoms with Crippen molar-refractivity contribution in [1.29, 1.82) is 0 Å². The van der Waals surface area contributed by atoms with Crippen LogP contribution in [0.1, 0.15) is 35.8 Å². The molecule has 1 aromatic carbocycles. The third-order valence-electron chi connectivity index (χ3n) is 5.37. The molecule has 2 aromatic heterocycles. The van der Waals surface area contributed by atoms with Crippen LogP contribution in [0.4, 0.5) is 0 Å². The Morgan fingerprint density at radius 2 is 1.96 bits per heavy atom. The minimum atomic E-state index is 0.262. The second-order valence-electron chi connectivity index (χ2n) is 7.23. The summed E-state index contributed by atoms with van der Waals surface area (Å²) in [5, 5.41) is 11.4. The van der Waals surface area contributed by atoms with Gasteiger partial charge < -0.3 is 13.9 Å². The minimum absolute atomic E-state index is 0.262. The molecule has 6 nitrogen and oxygen atoms in total. The topological polar surface area (TPSA) is 60.6 Å². The summed E-state index contributed by atoms with van der Waals surface area (Å²) in [5.74, 6) is 3.20. The van der Waals surface area contributed by atoms with Crippen LogP contribution in [0.25, 0.3) is 10.8 Å². The molecule has 0 aliphatic carbocycles. The van der Waals surface area contributed by atoms with Crippen molar-refractivity contribution < 1.29 is 13.9 Å². The van der Waals surface area contributed by atoms with Crippen molar-refractivity contribution >= 4 is 22.9 Å². The molecule has 3 aromatic rings. The first-order valence-corrected chi connectivity index (χ1v) is 10.6. The number of benzene rings is 1. The number of rotatable bonds is 4. The Kier molecular flexibility index (Phi) is 4.74. The lowest BCUT2D eigenvalue weighted by atomic mass is 9.96. The molecule has 0 radical (unpaired) electrons. The fourth-order valence-electron chi connectivity index (χ4n) is 3.74. The number of fused-ring (bicyclic) bond motifs is 1. The summed E-state index contributed by atoms with van der Waals surface area (Å²) in [7, 11) is 0. The second kappa shape index (κ2) is 7.39. The molecule has 1 fully saturated rings. The molecule has 0 saturated carbocycles. The van der Waals surface area contributed by atoms with Crippen molar-refractivity contribution in [3.05, 3.63) is 45.6 Å². The van der Waals surface area contributed by atoms with Crippen molar-refractivity contribution in [3.8, 4) is 22.3 Å². The van der Waals surface area contributed by atoms with E-state index < -0.39 is 0 Å². The van der Waals surface area contributed by atoms with Gasteiger partial charge in [0.05, 0.1) is 4.88 Å². The van der Waals surface area contributed by atoms with E-state index in [0.717, 1.165) is 65.3 Å². The molecule has 5 rings (SSSR count). The quantitative estimate of drug-likeness (QED) is 0.603. The molecule has 28 heavy (non-hydrogen) atoms. The fraction of sp³-hybridized carbons (Fsp3) is 0.400. The number of thiophene rings is 1. The monoisotopic (exact) mass is 417 g/mol. The lowest BCUT2D eigenvalue weighted by molar-refractivity contribution is 0.173. The Hall–Kier alpha value is -2.09. The Balaban J connectivity index is 1.23. The van der Waals surface area contributed by atoms with Crippen molar-refractivity contribution in [3.63, 3.8) is 0 Å². The summed E-state index contributed by atoms with van der Waals surface area (Å²) in [6.07, 6.45) is 1.99. The van der Waals surface area contributed by atoms with Crippen molar-refractivity contribution in [1.82, 2.24) is 15.1 Å². The Bertz CT molecular complexity index is 994. The highest BCUT2D eigenvalue weighted by molar-refractivity contribution is 7.13. The van der Waals surface area contributed by atoms with Gasteiger partial charge in [0.2, 0.25) is 12.7 Å². The Morgan fingerprint density at radius 1 is 1.18 bits per heavy atom. The van der Waals surface area contributed by atoms with Crippen LogP contribution in [0.15, 0.2) is 28.0 Å². The first-order chi connectivity index (χ1) is 13.7. The summed E-state index contributed by atoms with van der Waals surface area (Å²) in [6, 6.07) is 5.91. The van der Waals surface area contributed by atoms with Crippen LogP contribution in [-0.2, 0) is 6.54 Å². The van der Waals surface area contributed by atoms with Gasteiger partial charge in [-0.3, -0.25) is 4.90 Å². The molecule has 8 heteroatoms. The highest BCUT2D eigenvalue weighted by atomic mass is 35.5. The smallest absolute Gasteiger partial charge is 0.258 e. The van der Waals surface area contributed by atoms with E-state index in [9.17, 15) is 0 Å². The van der Waals surface area contributed by atoms with Crippen LogP contribution in [0, 0.1) is 6.92 Å². The van der Waals surface area contributed by atoms with Gasteiger partial charge in [-0.1, -0.05) is 11.6 Å². The Morgan fingerprint density at radius 3 is 2.71 bits per heavy atom. The highest BCUT2D eigenvalue weighted by Gasteiger charge is 2.26. The first-order valence-electron chi connectivity index (χ1n) is 9.35. The third-order valence-corrected chi connectivity index (χ3v) is 6.73. The van der Waals surface area contributed by atoms with E-state index in [2.05, 4.69) is 28.1 Å². The van der Waals surface area contributed by atoms with Crippen LogP contribution in [0.3, 0.4) is 0 Å². The largest absolute Gasteiger partial charge is 0.454 e. The molecule has 2 aliphatic rings. The van der Waals surface area contributed by atoms with Gasteiger partial charge in [-0.2, -0.15) is 0 Å². The molecule has 0 N–H and O–H groups in total. The molecule has 0 amide bonds. The average molecular weight is 418 g/mol. The zero-order chi connectivity index (χ0) is 19.1. The van der Waals surface area contributed by atoms with Crippen LogP contribution in [-0.4, -0.2) is 35.0 Å². The summed E-state index contributed by atoms with van der Waals surface area (Å²) >= 11 is 8.06. The number of ether oxygens (including phenoxy) is 2. The highest BCUT2D eigenvalue weighted by Crippen LogP contribution is 2.38. The normalized spacial score (nSPS) is 17.4. The van der Waals surface area contributed by atoms with E-state index in [4.69, 9.17) is 25.5 Å². The molecule has 0 spiro atoms. The molecular formula is C20H20ClN3O3S. The summed E-state index contributed by atoms with van der Waals surface area (Å²) in [4.78, 5) is 3.47. The number of hydrogen-bond donors (Lipinski definition) is 0. The van der Waals surface area contributed by atoms with E-state index in [1.807, 2.05) is 17.5 Å². The first kappa shape index (κ1) is 18.0. The van der Waals surface area contributed by atoms with Crippen molar-refractivity contribution in [2.75, 3.05) is 19.9 Å². The molecule has 1 saturated heterocycles. The fourth-order valence-corrected chi connectivity index (χ4v) is 4.80. The minimum Gasteiger partial charge on any atom is -0.454 e. The van der Waals surface area contributed by atoms with Crippen LogP contribution in [0.2, 0.25) is 5.02 Å². The number of aryl methyl sites for hydroxylation is 1. The second-order valence-corrected chi connectivity index (χ2v) is 8.55. The number of halogens is 1. The zero-order valence-corrected chi connectivity index (χ0v) is 17.1. The molecule has 0 atom stereocenters. The molecule has 2 aliphatic heterocycles. The van der Waals surface area contributed by atoms with Crippen molar-refractivity contribution in [2.24, 2.45) is 0 Å². The third kappa shape index (κ3) is 3.38. The van der Waals surface area contributed by atoms with E-state index in [-0.39, 0.29) is 6.79 Å². The van der Waals surface area contributed by atoms with Crippen molar-refractivity contribution in [2.45, 2.75) is 32.2 Å². The summed E-state index contributed by atoms with van der Waals surface area (Å²) in [6.45, 7) is 5.05. The van der Waals surface area contributed by atoms with E-state index >= 15 is 0 Å². The standard InChI is InChI=1S/C20H20ClN3O3S/c1-12-4-7-28-18(12)20-23-22-19(27-20)13-2-5-24(6-3-13)10-14-8-16-17(9-15(14)21)26-11-25-16/h4,7-9,13H,2-3,5-6,10-11H2,1H3.